The summed E-state index contributed by atoms with van der Waals surface area (Å²) in [7, 11) is 1.68. The van der Waals surface area contributed by atoms with E-state index in [1.54, 1.807) is 19.4 Å². The molecule has 2 atom stereocenters. The van der Waals surface area contributed by atoms with Gasteiger partial charge in [0.25, 0.3) is 0 Å². The van der Waals surface area contributed by atoms with Gasteiger partial charge in [-0.1, -0.05) is 0 Å². The number of nitrogens with zero attached hydrogens (tertiary/aromatic N) is 6. The summed E-state index contributed by atoms with van der Waals surface area (Å²) >= 11 is 2.46. The van der Waals surface area contributed by atoms with E-state index in [4.69, 9.17) is 9.51 Å². The first kappa shape index (κ1) is 20.4. The summed E-state index contributed by atoms with van der Waals surface area (Å²) in [5.41, 5.74) is 1.88. The molecule has 0 saturated carbocycles. The molecular formula is C21H23AsN6O3. The molecule has 2 fully saturated rings. The molecule has 2 saturated heterocycles. The maximum absolute atomic E-state index is 12.4. The van der Waals surface area contributed by atoms with E-state index in [2.05, 4.69) is 42.9 Å². The summed E-state index contributed by atoms with van der Waals surface area (Å²) in [5, 5.41) is 15.1. The molecule has 1 amide bonds. The molecule has 31 heavy (non-hydrogen) atoms. The van der Waals surface area contributed by atoms with Crippen LogP contribution in [0.1, 0.15) is 42.2 Å². The van der Waals surface area contributed by atoms with Crippen LogP contribution in [-0.2, 0) is 10.4 Å². The number of carbonyl (C=O) groups excluding carboxylic acids is 1. The number of likely N-dealkylation sites (N-methyl/N-ethyl adjacent to an activating group) is 1. The van der Waals surface area contributed by atoms with E-state index >= 15 is 0 Å². The summed E-state index contributed by atoms with van der Waals surface area (Å²) in [6.07, 6.45) is 3.82. The molecule has 1 N–H and O–H groups in total. The standard InChI is InChI=1S/C21H23AsN6O3/c1-12-8-16(25-18-17(12)23-11-24-19(18)22)28-6-3-4-13(10-28)14-9-15(31-26-14)21(30)5-7-27(2)20(21)29/h8-9,11,13,30H,3-7,10H2,1-2H3/t13?,21-/m1/s1. The molecule has 0 bridgehead atoms. The summed E-state index contributed by atoms with van der Waals surface area (Å²) in [6, 6.07) is 3.81. The van der Waals surface area contributed by atoms with Gasteiger partial charge in [0, 0.05) is 13.6 Å². The molecular weight excluding hydrogens is 459 g/mol. The molecule has 5 heterocycles. The van der Waals surface area contributed by atoms with Crippen LogP contribution in [0.15, 0.2) is 23.0 Å². The Labute approximate surface area is 188 Å². The number of aryl methyl sites for hydroxylation is 1. The Kier molecular flexibility index (Phi) is 4.98. The van der Waals surface area contributed by atoms with E-state index in [9.17, 15) is 9.90 Å². The fourth-order valence-electron chi connectivity index (χ4n) is 4.52. The SMILES string of the molecule is Cc1cc(N2CCCC(c3cc([C@]4(O)CCN(C)C4=O)on3)C2)nc2c([As])ncnc12. The van der Waals surface area contributed by atoms with Crippen LogP contribution >= 0.6 is 0 Å². The van der Waals surface area contributed by atoms with E-state index < -0.39 is 5.60 Å². The molecule has 10 heteroatoms. The van der Waals surface area contributed by atoms with Gasteiger partial charge in [-0.3, -0.25) is 4.79 Å². The molecule has 0 aromatic carbocycles. The predicted molar refractivity (Wildman–Crippen MR) is 114 cm³/mol. The first-order chi connectivity index (χ1) is 14.9. The van der Waals surface area contributed by atoms with Crippen LogP contribution in [0.4, 0.5) is 5.82 Å². The Bertz CT molecular complexity index is 1170. The number of aromatic nitrogens is 4. The number of anilines is 1. The van der Waals surface area contributed by atoms with Gasteiger partial charge in [0.05, 0.1) is 0 Å². The Morgan fingerprint density at radius 3 is 2.87 bits per heavy atom. The third-order valence-electron chi connectivity index (χ3n) is 6.36. The zero-order chi connectivity index (χ0) is 21.8. The molecule has 3 aromatic heterocycles. The minimum atomic E-state index is -1.61. The van der Waals surface area contributed by atoms with Crippen molar-refractivity contribution in [3.05, 3.63) is 35.5 Å². The second-order valence-corrected chi connectivity index (χ2v) is 9.32. The van der Waals surface area contributed by atoms with Crippen LogP contribution in [0.3, 0.4) is 0 Å². The minimum absolute atomic E-state index is 0.130. The number of fused-ring (bicyclic) bond motifs is 1. The number of amides is 1. The summed E-state index contributed by atoms with van der Waals surface area (Å²) in [6.45, 7) is 4.16. The van der Waals surface area contributed by atoms with Gasteiger partial charge in [0.15, 0.2) is 0 Å². The second-order valence-electron chi connectivity index (χ2n) is 8.43. The average Bonchev–Trinajstić information content (AvgIpc) is 3.37. The van der Waals surface area contributed by atoms with Crippen molar-refractivity contribution >= 4 is 44.1 Å². The van der Waals surface area contributed by atoms with E-state index in [1.807, 2.05) is 6.92 Å². The van der Waals surface area contributed by atoms with Gasteiger partial charge in [-0.25, -0.2) is 0 Å². The van der Waals surface area contributed by atoms with E-state index in [1.165, 1.54) is 4.90 Å². The molecule has 160 valence electrons. The van der Waals surface area contributed by atoms with Crippen molar-refractivity contribution in [1.29, 1.82) is 0 Å². The number of hydrogen-bond donors (Lipinski definition) is 1. The summed E-state index contributed by atoms with van der Waals surface area (Å²) < 4.78 is 6.26. The molecule has 5 rings (SSSR count). The Hall–Kier alpha value is -2.51. The average molecular weight is 482 g/mol. The third kappa shape index (κ3) is 3.40. The first-order valence-electron chi connectivity index (χ1n) is 10.4. The van der Waals surface area contributed by atoms with Gasteiger partial charge in [0.1, 0.15) is 0 Å². The van der Waals surface area contributed by atoms with Crippen LogP contribution in [0, 0.1) is 6.92 Å². The second kappa shape index (κ2) is 7.57. The van der Waals surface area contributed by atoms with E-state index in [0.29, 0.717) is 13.0 Å². The number of likely N-dealkylation sites (tertiary alicyclic amines) is 1. The molecule has 2 radical (unpaired) electrons. The number of aliphatic hydroxyl groups is 1. The van der Waals surface area contributed by atoms with Crippen LogP contribution in [0.5, 0.6) is 0 Å². The van der Waals surface area contributed by atoms with Crippen LogP contribution < -0.4 is 9.38 Å². The predicted octanol–water partition coefficient (Wildman–Crippen LogP) is 0.549. The first-order valence-corrected chi connectivity index (χ1v) is 11.3. The molecule has 9 nitrogen and oxygen atoms in total. The molecule has 1 unspecified atom stereocenters. The van der Waals surface area contributed by atoms with Crippen LogP contribution in [0.25, 0.3) is 11.0 Å². The van der Waals surface area contributed by atoms with Crippen molar-refractivity contribution in [3.8, 4) is 0 Å². The summed E-state index contributed by atoms with van der Waals surface area (Å²) in [5.74, 6) is 0.920. The topological polar surface area (TPSA) is 108 Å². The number of hydrogen-bond acceptors (Lipinski definition) is 8. The van der Waals surface area contributed by atoms with E-state index in [-0.39, 0.29) is 17.6 Å². The van der Waals surface area contributed by atoms with Gasteiger partial charge < -0.3 is 4.90 Å². The van der Waals surface area contributed by atoms with Gasteiger partial charge in [0.2, 0.25) is 0 Å². The number of rotatable bonds is 3. The number of pyridine rings is 1. The Balaban J connectivity index is 1.41. The molecule has 3 aromatic rings. The molecule has 2 aliphatic rings. The fraction of sp³-hybridized carbons (Fsp3) is 0.476. The van der Waals surface area contributed by atoms with Crippen molar-refractivity contribution in [2.45, 2.75) is 37.7 Å². The van der Waals surface area contributed by atoms with Crippen molar-refractivity contribution in [1.82, 2.24) is 25.0 Å². The van der Waals surface area contributed by atoms with Crippen molar-refractivity contribution < 1.29 is 14.4 Å². The monoisotopic (exact) mass is 482 g/mol. The molecule has 2 aliphatic heterocycles. The maximum atomic E-state index is 12.4. The van der Waals surface area contributed by atoms with Crippen molar-refractivity contribution in [2.75, 3.05) is 31.6 Å². The molecule has 0 spiro atoms. The fourth-order valence-corrected chi connectivity index (χ4v) is 4.95. The van der Waals surface area contributed by atoms with Gasteiger partial charge in [-0.05, 0) is 0 Å². The zero-order valence-electron chi connectivity index (χ0n) is 17.4. The number of piperidine rings is 1. The van der Waals surface area contributed by atoms with Gasteiger partial charge in [-0.15, -0.1) is 0 Å². The van der Waals surface area contributed by atoms with Crippen LogP contribution in [0.2, 0.25) is 0 Å². The number of carbonyl (C=O) groups is 1. The quantitative estimate of drug-likeness (QED) is 0.540. The van der Waals surface area contributed by atoms with Gasteiger partial charge in [-0.2, -0.15) is 0 Å². The normalized spacial score (nSPS) is 24.4. The molecule has 0 aliphatic carbocycles. The zero-order valence-corrected chi connectivity index (χ0v) is 19.3. The summed E-state index contributed by atoms with van der Waals surface area (Å²) in [4.78, 5) is 29.6. The third-order valence-corrected chi connectivity index (χ3v) is 7.04. The van der Waals surface area contributed by atoms with Crippen molar-refractivity contribution in [2.24, 2.45) is 0 Å². The Morgan fingerprint density at radius 2 is 2.10 bits per heavy atom. The van der Waals surface area contributed by atoms with Crippen LogP contribution in [-0.4, -0.2) is 79.6 Å². The van der Waals surface area contributed by atoms with E-state index in [0.717, 1.165) is 58.5 Å². The van der Waals surface area contributed by atoms with Gasteiger partial charge >= 0.3 is 165 Å². The Morgan fingerprint density at radius 1 is 1.26 bits per heavy atom. The van der Waals surface area contributed by atoms with Crippen molar-refractivity contribution in [3.63, 3.8) is 0 Å².